The largest absolute Gasteiger partial charge is 0.480 e. The number of carbonyl (C=O) groups is 2. The Morgan fingerprint density at radius 2 is 1.46 bits per heavy atom. The summed E-state index contributed by atoms with van der Waals surface area (Å²) in [6.07, 6.45) is 4.19. The van der Waals surface area contributed by atoms with Crippen molar-refractivity contribution in [2.45, 2.75) is 12.5 Å². The van der Waals surface area contributed by atoms with Gasteiger partial charge in [-0.1, -0.05) is 0 Å². The fourth-order valence-corrected chi connectivity index (χ4v) is 1.33. The normalized spacial score (nSPS) is 7.85. The quantitative estimate of drug-likeness (QED) is 0.481. The number of aliphatic carboxylic acids is 1. The molecule has 0 unspecified atom stereocenters. The van der Waals surface area contributed by atoms with Crippen LogP contribution in [0.15, 0.2) is 0 Å². The van der Waals surface area contributed by atoms with Crippen LogP contribution in [-0.4, -0.2) is 35.6 Å². The minimum absolute atomic E-state index is 0.177. The van der Waals surface area contributed by atoms with Crippen LogP contribution in [-0.2, 0) is 9.53 Å². The van der Waals surface area contributed by atoms with Crippen molar-refractivity contribution < 1.29 is 19.4 Å². The number of thiol groups is 1. The predicted octanol–water partition coefficient (Wildman–Crippen LogP) is 0.139. The summed E-state index contributed by atoms with van der Waals surface area (Å²) in [5.41, 5.74) is 0. The van der Waals surface area contributed by atoms with Crippen molar-refractivity contribution in [3.8, 4) is 83.4 Å². The highest BCUT2D eigenvalue weighted by Gasteiger charge is 2.19. The van der Waals surface area contributed by atoms with E-state index in [-0.39, 0.29) is 13.0 Å². The van der Waals surface area contributed by atoms with Gasteiger partial charge in [0.05, 0.1) is 0 Å². The third kappa shape index (κ3) is 13.7. The molecule has 0 radical (unpaired) electrons. The number of carboxylic acids is 1. The molecule has 0 aromatic heterocycles. The van der Waals surface area contributed by atoms with E-state index in [2.05, 4.69) is 94.9 Å². The van der Waals surface area contributed by atoms with Crippen molar-refractivity contribution in [3.63, 3.8) is 0 Å². The van der Waals surface area contributed by atoms with E-state index >= 15 is 0 Å². The maximum Gasteiger partial charge on any atom is 0.408 e. The number of terminal acetylenes is 1. The van der Waals surface area contributed by atoms with Crippen LogP contribution in [0.3, 0.4) is 0 Å². The van der Waals surface area contributed by atoms with E-state index in [1.165, 1.54) is 0 Å². The van der Waals surface area contributed by atoms with Crippen molar-refractivity contribution in [2.75, 3.05) is 12.4 Å². The second kappa shape index (κ2) is 15.9. The van der Waals surface area contributed by atoms with Gasteiger partial charge in [0.1, 0.15) is 6.04 Å². The molecule has 5 nitrogen and oxygen atoms in total. The molecule has 0 fully saturated rings. The van der Waals surface area contributed by atoms with Crippen LogP contribution in [0.1, 0.15) is 6.42 Å². The van der Waals surface area contributed by atoms with Gasteiger partial charge in [-0.05, 0) is 89.1 Å². The molecule has 0 rings (SSSR count). The summed E-state index contributed by atoms with van der Waals surface area (Å²) in [5, 5.41) is 11.0. The number of hydrogen-bond donors (Lipinski definition) is 3. The Hall–Kier alpha value is -3.99. The standard InChI is InChI=1S/C20H11NO4S/c1-2-3-4-5-6-7-8-9-10-11-12-13-14-16-25-20(24)21-18(15-17-26)19(22)23/h1,18,26H,15-17H2,(H,21,24)(H,22,23)/t18-/m1/s1. The molecule has 0 aromatic carbocycles. The van der Waals surface area contributed by atoms with E-state index in [0.29, 0.717) is 5.75 Å². The lowest BCUT2D eigenvalue weighted by atomic mass is 10.2. The van der Waals surface area contributed by atoms with E-state index < -0.39 is 18.1 Å². The van der Waals surface area contributed by atoms with Gasteiger partial charge in [-0.15, -0.1) is 6.42 Å². The van der Waals surface area contributed by atoms with Crippen molar-refractivity contribution in [2.24, 2.45) is 0 Å². The van der Waals surface area contributed by atoms with E-state index in [0.717, 1.165) is 0 Å². The van der Waals surface area contributed by atoms with Gasteiger partial charge >= 0.3 is 12.1 Å². The number of amides is 1. The first kappa shape index (κ1) is 22.0. The lowest BCUT2D eigenvalue weighted by Gasteiger charge is -2.12. The molecule has 0 saturated heterocycles. The van der Waals surface area contributed by atoms with Crippen LogP contribution in [0.4, 0.5) is 4.79 Å². The molecule has 1 atom stereocenters. The van der Waals surface area contributed by atoms with Crippen molar-refractivity contribution in [1.29, 1.82) is 0 Å². The molecule has 26 heavy (non-hydrogen) atoms. The number of rotatable bonds is 5. The Labute approximate surface area is 158 Å². The Kier molecular flexibility index (Phi) is 13.5. The summed E-state index contributed by atoms with van der Waals surface area (Å²) in [4.78, 5) is 22.2. The van der Waals surface area contributed by atoms with Crippen LogP contribution in [0.25, 0.3) is 0 Å². The highest BCUT2D eigenvalue weighted by atomic mass is 32.1. The minimum Gasteiger partial charge on any atom is -0.480 e. The molecule has 0 aromatic rings. The minimum atomic E-state index is -1.17. The number of alkyl carbamates (subject to hydrolysis) is 1. The van der Waals surface area contributed by atoms with Gasteiger partial charge in [0.2, 0.25) is 0 Å². The Bertz CT molecular complexity index is 936. The molecule has 0 bridgehead atoms. The second-order valence-corrected chi connectivity index (χ2v) is 4.27. The Balaban J connectivity index is 4.25. The van der Waals surface area contributed by atoms with Crippen LogP contribution >= 0.6 is 12.6 Å². The first-order valence-electron chi connectivity index (χ1n) is 6.82. The average Bonchev–Trinajstić information content (AvgIpc) is 2.61. The number of hydrogen-bond acceptors (Lipinski definition) is 4. The SMILES string of the molecule is C#CC#CC#CC#CC#CC#CC#CCOC(=O)N[C@H](CCS)C(=O)O. The molecule has 1 amide bonds. The molecule has 0 aliphatic rings. The summed E-state index contributed by atoms with van der Waals surface area (Å²) in [7, 11) is 0. The zero-order chi connectivity index (χ0) is 19.5. The molecule has 0 aliphatic heterocycles. The van der Waals surface area contributed by atoms with E-state index in [9.17, 15) is 9.59 Å². The predicted molar refractivity (Wildman–Crippen MR) is 99.9 cm³/mol. The zero-order valence-corrected chi connectivity index (χ0v) is 14.3. The molecule has 0 spiro atoms. The first-order chi connectivity index (χ1) is 12.6. The van der Waals surface area contributed by atoms with E-state index in [4.69, 9.17) is 16.3 Å². The highest BCUT2D eigenvalue weighted by Crippen LogP contribution is 1.95. The highest BCUT2D eigenvalue weighted by molar-refractivity contribution is 7.80. The monoisotopic (exact) mass is 361 g/mol. The molecule has 2 N–H and O–H groups in total. The fraction of sp³-hybridized carbons (Fsp3) is 0.200. The van der Waals surface area contributed by atoms with Gasteiger partial charge in [-0.25, -0.2) is 9.59 Å². The summed E-state index contributed by atoms with van der Waals surface area (Å²) < 4.78 is 4.69. The second-order valence-electron chi connectivity index (χ2n) is 3.82. The molecular formula is C20H11NO4S. The lowest BCUT2D eigenvalue weighted by molar-refractivity contribution is -0.139. The van der Waals surface area contributed by atoms with Gasteiger partial charge in [0, 0.05) is 0 Å². The lowest BCUT2D eigenvalue weighted by Crippen LogP contribution is -2.41. The van der Waals surface area contributed by atoms with Crippen molar-refractivity contribution in [1.82, 2.24) is 5.32 Å². The summed E-state index contributed by atoms with van der Waals surface area (Å²) in [6, 6.07) is -1.06. The summed E-state index contributed by atoms with van der Waals surface area (Å²) >= 11 is 3.91. The van der Waals surface area contributed by atoms with Crippen molar-refractivity contribution >= 4 is 24.7 Å². The molecule has 0 aliphatic carbocycles. The van der Waals surface area contributed by atoms with Gasteiger partial charge in [-0.3, -0.25) is 0 Å². The summed E-state index contributed by atoms with van der Waals surface area (Å²) in [6.45, 7) is -0.241. The average molecular weight is 361 g/mol. The summed E-state index contributed by atoms with van der Waals surface area (Å²) in [5.74, 6) is 30.2. The molecule has 0 heterocycles. The van der Waals surface area contributed by atoms with Gasteiger partial charge in [-0.2, -0.15) is 12.6 Å². The Morgan fingerprint density at radius 1 is 0.962 bits per heavy atom. The van der Waals surface area contributed by atoms with Crippen LogP contribution in [0, 0.1) is 83.4 Å². The molecule has 6 heteroatoms. The van der Waals surface area contributed by atoms with Crippen molar-refractivity contribution in [3.05, 3.63) is 0 Å². The number of carboxylic acid groups (broad SMARTS) is 1. The van der Waals surface area contributed by atoms with E-state index in [1.807, 2.05) is 0 Å². The molecular weight excluding hydrogens is 350 g/mol. The van der Waals surface area contributed by atoms with E-state index in [1.54, 1.807) is 0 Å². The molecule has 0 saturated carbocycles. The third-order valence-electron chi connectivity index (χ3n) is 2.07. The topological polar surface area (TPSA) is 75.6 Å². The maximum absolute atomic E-state index is 11.4. The zero-order valence-electron chi connectivity index (χ0n) is 13.4. The number of ether oxygens (including phenoxy) is 1. The maximum atomic E-state index is 11.4. The first-order valence-corrected chi connectivity index (χ1v) is 7.45. The van der Waals surface area contributed by atoms with Gasteiger partial charge in [0.15, 0.2) is 6.61 Å². The molecule has 126 valence electrons. The number of nitrogens with one attached hydrogen (secondary N) is 1. The number of carbonyl (C=O) groups excluding carboxylic acids is 1. The third-order valence-corrected chi connectivity index (χ3v) is 2.33. The van der Waals surface area contributed by atoms with Crippen LogP contribution in [0.2, 0.25) is 0 Å². The Morgan fingerprint density at radius 3 is 1.92 bits per heavy atom. The van der Waals surface area contributed by atoms with Crippen LogP contribution in [0.5, 0.6) is 0 Å². The van der Waals surface area contributed by atoms with Gasteiger partial charge in [0.25, 0.3) is 0 Å². The van der Waals surface area contributed by atoms with Gasteiger partial charge < -0.3 is 15.2 Å². The fourth-order valence-electron chi connectivity index (χ4n) is 1.07. The van der Waals surface area contributed by atoms with Crippen LogP contribution < -0.4 is 5.32 Å². The smallest absolute Gasteiger partial charge is 0.408 e.